The Morgan fingerprint density at radius 2 is 1.83 bits per heavy atom. The van der Waals surface area contributed by atoms with E-state index in [0.29, 0.717) is 5.92 Å². The molecule has 0 spiro atoms. The standard InChI is InChI=1S/C27H32FN/c1-7-10-11-12-14-24-25(19(4)5)23(13-8-2)27(29-26(24)20(6)9-3)21-15-17-22(28)18-16-21/h7-9,13,15-19H,1,3,6,10-12,14H2,2,4-5H3/b13-8+. The second-order valence-electron chi connectivity index (χ2n) is 7.54. The lowest BCUT2D eigenvalue weighted by atomic mass is 9.85. The fourth-order valence-corrected chi connectivity index (χ4v) is 3.69. The lowest BCUT2D eigenvalue weighted by Crippen LogP contribution is -2.09. The van der Waals surface area contributed by atoms with E-state index in [2.05, 4.69) is 39.7 Å². The third-order valence-electron chi connectivity index (χ3n) is 5.04. The average Bonchev–Trinajstić information content (AvgIpc) is 2.71. The van der Waals surface area contributed by atoms with Gasteiger partial charge in [0.2, 0.25) is 0 Å². The van der Waals surface area contributed by atoms with Gasteiger partial charge in [-0.3, -0.25) is 0 Å². The zero-order chi connectivity index (χ0) is 21.4. The highest BCUT2D eigenvalue weighted by Gasteiger charge is 2.21. The molecule has 1 aromatic heterocycles. The predicted octanol–water partition coefficient (Wildman–Crippen LogP) is 8.14. The van der Waals surface area contributed by atoms with E-state index in [4.69, 9.17) is 4.98 Å². The van der Waals surface area contributed by atoms with E-state index in [1.165, 1.54) is 23.3 Å². The van der Waals surface area contributed by atoms with Crippen LogP contribution < -0.4 is 0 Å². The first-order chi connectivity index (χ1) is 13.9. The second-order valence-corrected chi connectivity index (χ2v) is 7.54. The topological polar surface area (TPSA) is 12.9 Å². The van der Waals surface area contributed by atoms with E-state index >= 15 is 0 Å². The number of hydrogen-bond donors (Lipinski definition) is 0. The molecular weight excluding hydrogens is 357 g/mol. The van der Waals surface area contributed by atoms with Crippen LogP contribution in [0.15, 0.2) is 62.2 Å². The van der Waals surface area contributed by atoms with E-state index in [9.17, 15) is 4.39 Å². The minimum atomic E-state index is -0.250. The molecule has 1 aromatic carbocycles. The normalized spacial score (nSPS) is 11.2. The van der Waals surface area contributed by atoms with Crippen molar-refractivity contribution in [1.29, 1.82) is 0 Å². The molecule has 0 atom stereocenters. The number of hydrogen-bond acceptors (Lipinski definition) is 1. The number of nitrogens with zero attached hydrogens (tertiary/aromatic N) is 1. The maximum absolute atomic E-state index is 13.5. The summed E-state index contributed by atoms with van der Waals surface area (Å²) in [6.45, 7) is 18.4. The molecule has 0 aliphatic carbocycles. The number of allylic oxidation sites excluding steroid dienone is 4. The third kappa shape index (κ3) is 5.41. The van der Waals surface area contributed by atoms with Crippen molar-refractivity contribution in [2.75, 3.05) is 0 Å². The summed E-state index contributed by atoms with van der Waals surface area (Å²) in [5.41, 5.74) is 7.11. The Hall–Kier alpha value is -2.74. The number of pyridine rings is 1. The number of benzene rings is 1. The van der Waals surface area contributed by atoms with E-state index < -0.39 is 0 Å². The lowest BCUT2D eigenvalue weighted by molar-refractivity contribution is 0.628. The quantitative estimate of drug-likeness (QED) is 0.227. The molecule has 0 saturated carbocycles. The average molecular weight is 390 g/mol. The van der Waals surface area contributed by atoms with Crippen LogP contribution in [0.25, 0.3) is 22.9 Å². The van der Waals surface area contributed by atoms with Crippen molar-refractivity contribution in [2.45, 2.75) is 52.4 Å². The number of unbranched alkanes of at least 4 members (excludes halogenated alkanes) is 2. The second kappa shape index (κ2) is 10.7. The summed E-state index contributed by atoms with van der Waals surface area (Å²) in [4.78, 5) is 5.04. The fourth-order valence-electron chi connectivity index (χ4n) is 3.69. The highest BCUT2D eigenvalue weighted by atomic mass is 19.1. The lowest BCUT2D eigenvalue weighted by Gasteiger charge is -2.23. The van der Waals surface area contributed by atoms with Gasteiger partial charge in [0.15, 0.2) is 0 Å². The number of rotatable bonds is 10. The third-order valence-corrected chi connectivity index (χ3v) is 5.04. The summed E-state index contributed by atoms with van der Waals surface area (Å²) in [7, 11) is 0. The summed E-state index contributed by atoms with van der Waals surface area (Å²) in [5, 5.41) is 0. The summed E-state index contributed by atoms with van der Waals surface area (Å²) in [6, 6.07) is 6.55. The number of halogens is 1. The van der Waals surface area contributed by atoms with Crippen molar-refractivity contribution < 1.29 is 4.39 Å². The molecule has 1 heterocycles. The Balaban J connectivity index is 2.79. The Morgan fingerprint density at radius 1 is 1.14 bits per heavy atom. The maximum atomic E-state index is 13.5. The van der Waals surface area contributed by atoms with Crippen LogP contribution in [0.5, 0.6) is 0 Å². The van der Waals surface area contributed by atoms with Gasteiger partial charge in [0.05, 0.1) is 11.4 Å². The van der Waals surface area contributed by atoms with Crippen molar-refractivity contribution >= 4 is 11.6 Å². The molecule has 0 bridgehead atoms. The monoisotopic (exact) mass is 389 g/mol. The first kappa shape index (κ1) is 22.5. The molecule has 0 saturated heterocycles. The molecule has 2 heteroatoms. The van der Waals surface area contributed by atoms with Gasteiger partial charge in [0.25, 0.3) is 0 Å². The predicted molar refractivity (Wildman–Crippen MR) is 125 cm³/mol. The fraction of sp³-hybridized carbons (Fsp3) is 0.296. The van der Waals surface area contributed by atoms with Gasteiger partial charge in [-0.25, -0.2) is 9.37 Å². The summed E-state index contributed by atoms with van der Waals surface area (Å²) >= 11 is 0. The van der Waals surface area contributed by atoms with Gasteiger partial charge in [-0.05, 0) is 79.5 Å². The SMILES string of the molecule is C=CCCCCc1c(C(=C)C=C)nc(-c2ccc(F)cc2)c(/C=C/C)c1C(C)C. The Kier molecular flexibility index (Phi) is 8.33. The molecule has 0 fully saturated rings. The maximum Gasteiger partial charge on any atom is 0.123 e. The van der Waals surface area contributed by atoms with Gasteiger partial charge in [0.1, 0.15) is 5.82 Å². The summed E-state index contributed by atoms with van der Waals surface area (Å²) in [5.74, 6) is 0.0640. The Morgan fingerprint density at radius 3 is 2.38 bits per heavy atom. The van der Waals surface area contributed by atoms with Crippen molar-refractivity contribution in [3.8, 4) is 11.3 Å². The molecule has 2 aromatic rings. The molecule has 1 nitrogen and oxygen atoms in total. The molecule has 0 N–H and O–H groups in total. The van der Waals surface area contributed by atoms with Gasteiger partial charge in [0, 0.05) is 11.1 Å². The molecule has 152 valence electrons. The minimum Gasteiger partial charge on any atom is -0.247 e. The van der Waals surface area contributed by atoms with Crippen LogP contribution in [0.4, 0.5) is 4.39 Å². The van der Waals surface area contributed by atoms with E-state index in [-0.39, 0.29) is 5.82 Å². The van der Waals surface area contributed by atoms with Crippen molar-refractivity contribution in [1.82, 2.24) is 4.98 Å². The smallest absolute Gasteiger partial charge is 0.123 e. The van der Waals surface area contributed by atoms with Crippen LogP contribution in [0, 0.1) is 5.82 Å². The Labute approximate surface area is 175 Å². The molecule has 0 radical (unpaired) electrons. The zero-order valence-electron chi connectivity index (χ0n) is 18.0. The van der Waals surface area contributed by atoms with E-state index in [1.54, 1.807) is 18.2 Å². The van der Waals surface area contributed by atoms with Crippen LogP contribution in [0.1, 0.15) is 68.3 Å². The van der Waals surface area contributed by atoms with Crippen LogP contribution in [0.2, 0.25) is 0 Å². The molecule has 0 unspecified atom stereocenters. The van der Waals surface area contributed by atoms with Crippen LogP contribution in [-0.2, 0) is 6.42 Å². The van der Waals surface area contributed by atoms with Gasteiger partial charge in [-0.2, -0.15) is 0 Å². The van der Waals surface area contributed by atoms with E-state index in [1.807, 2.05) is 19.1 Å². The highest BCUT2D eigenvalue weighted by Crippen LogP contribution is 2.37. The van der Waals surface area contributed by atoms with Crippen LogP contribution >= 0.6 is 0 Å². The van der Waals surface area contributed by atoms with Crippen LogP contribution in [-0.4, -0.2) is 4.98 Å². The molecule has 29 heavy (non-hydrogen) atoms. The van der Waals surface area contributed by atoms with Crippen molar-refractivity contribution in [3.63, 3.8) is 0 Å². The molecule has 0 aliphatic rings. The summed E-state index contributed by atoms with van der Waals surface area (Å²) in [6.07, 6.45) is 12.0. The summed E-state index contributed by atoms with van der Waals surface area (Å²) < 4.78 is 13.5. The van der Waals surface area contributed by atoms with Gasteiger partial charge >= 0.3 is 0 Å². The first-order valence-electron chi connectivity index (χ1n) is 10.3. The van der Waals surface area contributed by atoms with Crippen molar-refractivity contribution in [2.24, 2.45) is 0 Å². The Bertz CT molecular complexity index is 901. The zero-order valence-corrected chi connectivity index (χ0v) is 18.0. The minimum absolute atomic E-state index is 0.250. The van der Waals surface area contributed by atoms with Gasteiger partial charge in [-0.15, -0.1) is 6.58 Å². The molecule has 0 aliphatic heterocycles. The van der Waals surface area contributed by atoms with Gasteiger partial charge < -0.3 is 0 Å². The molecular formula is C27H32FN. The number of aromatic nitrogens is 1. The largest absolute Gasteiger partial charge is 0.247 e. The molecule has 2 rings (SSSR count). The van der Waals surface area contributed by atoms with Crippen LogP contribution in [0.3, 0.4) is 0 Å². The van der Waals surface area contributed by atoms with Gasteiger partial charge in [-0.1, -0.05) is 51.3 Å². The molecule has 0 amide bonds. The highest BCUT2D eigenvalue weighted by molar-refractivity contribution is 5.81. The van der Waals surface area contributed by atoms with E-state index in [0.717, 1.165) is 53.8 Å². The van der Waals surface area contributed by atoms with Crippen molar-refractivity contribution in [3.05, 3.63) is 90.4 Å². The first-order valence-corrected chi connectivity index (χ1v) is 10.3.